The molecule has 0 saturated heterocycles. The predicted octanol–water partition coefficient (Wildman–Crippen LogP) is 9.61. The molecule has 6 rings (SSSR count). The van der Waals surface area contributed by atoms with Crippen LogP contribution in [0, 0.1) is 47.4 Å². The van der Waals surface area contributed by atoms with Gasteiger partial charge in [0.05, 0.1) is 0 Å². The molecule has 0 radical (unpaired) electrons. The third kappa shape index (κ3) is 7.99. The van der Waals surface area contributed by atoms with E-state index in [4.69, 9.17) is 0 Å². The van der Waals surface area contributed by atoms with Gasteiger partial charge in [-0.05, 0) is 83.9 Å². The molecule has 0 aromatic heterocycles. The molecule has 0 atom stereocenters. The molecule has 6 aromatic carbocycles. The van der Waals surface area contributed by atoms with Crippen LogP contribution in [0.1, 0.15) is 69.5 Å². The third-order valence-corrected chi connectivity index (χ3v) is 7.94. The normalized spacial score (nSPS) is 10.1. The Kier molecular flexibility index (Phi) is 9.47. The fraction of sp³-hybridized carbons (Fsp3) is 0.0638. The second kappa shape index (κ2) is 14.6. The summed E-state index contributed by atoms with van der Waals surface area (Å²) in [5.74, 6) is 26.9. The van der Waals surface area contributed by atoms with E-state index in [0.29, 0.717) is 0 Å². The largest absolute Gasteiger partial charge is 0.0622 e. The number of rotatable bonds is 2. The second-order valence-electron chi connectivity index (χ2n) is 11.6. The molecule has 0 nitrogen and oxygen atoms in total. The van der Waals surface area contributed by atoms with Gasteiger partial charge in [-0.15, -0.1) is 0 Å². The van der Waals surface area contributed by atoms with Crippen molar-refractivity contribution in [2.24, 2.45) is 0 Å². The first-order chi connectivity index (χ1) is 23.0. The lowest BCUT2D eigenvalue weighted by Gasteiger charge is -2.27. The van der Waals surface area contributed by atoms with Crippen LogP contribution >= 0.6 is 0 Å². The lowest BCUT2D eigenvalue weighted by molar-refractivity contribution is 0.640. The van der Waals surface area contributed by atoms with Crippen LogP contribution in [0.4, 0.5) is 0 Å². The quantitative estimate of drug-likeness (QED) is 0.175. The van der Waals surface area contributed by atoms with Crippen LogP contribution in [-0.4, -0.2) is 0 Å². The first-order valence-electron chi connectivity index (χ1n) is 15.6. The molecule has 0 heterocycles. The van der Waals surface area contributed by atoms with Crippen molar-refractivity contribution >= 4 is 0 Å². The van der Waals surface area contributed by atoms with Crippen LogP contribution in [0.25, 0.3) is 0 Å². The Morgan fingerprint density at radius 1 is 0.298 bits per heavy atom. The Balaban J connectivity index is 1.42. The van der Waals surface area contributed by atoms with Crippen molar-refractivity contribution in [3.05, 3.63) is 213 Å². The van der Waals surface area contributed by atoms with Crippen molar-refractivity contribution < 1.29 is 0 Å². The summed E-state index contributed by atoms with van der Waals surface area (Å²) in [7, 11) is 0. The lowest BCUT2D eigenvalue weighted by atomic mass is 9.76. The Labute approximate surface area is 279 Å². The van der Waals surface area contributed by atoms with Crippen LogP contribution < -0.4 is 0 Å². The fourth-order valence-corrected chi connectivity index (χ4v) is 5.10. The van der Waals surface area contributed by atoms with Crippen molar-refractivity contribution in [3.8, 4) is 47.4 Å². The monoisotopic (exact) mass is 596 g/mol. The van der Waals surface area contributed by atoms with Gasteiger partial charge in [0.25, 0.3) is 0 Å². The SMILES string of the molecule is CC(C)(c1ccc(C#Cc2ccccc2)c(C#Cc2ccccc2)c1)c1ccc(C#Cc2ccccc2)c(C#Cc2ccccc2)c1. The topological polar surface area (TPSA) is 0 Å². The number of hydrogen-bond acceptors (Lipinski definition) is 0. The Bertz CT molecular complexity index is 2080. The molecule has 0 aliphatic rings. The minimum absolute atomic E-state index is 0.344. The van der Waals surface area contributed by atoms with Crippen LogP contribution in [0.15, 0.2) is 158 Å². The molecule has 0 N–H and O–H groups in total. The number of hydrogen-bond donors (Lipinski definition) is 0. The highest BCUT2D eigenvalue weighted by molar-refractivity contribution is 5.60. The highest BCUT2D eigenvalue weighted by atomic mass is 14.3. The summed E-state index contributed by atoms with van der Waals surface area (Å²) in [5.41, 5.74) is 9.42. The summed E-state index contributed by atoms with van der Waals surface area (Å²) in [6.07, 6.45) is 0. The van der Waals surface area contributed by atoms with Crippen LogP contribution in [0.5, 0.6) is 0 Å². The molecular formula is C47H32. The second-order valence-corrected chi connectivity index (χ2v) is 11.6. The predicted molar refractivity (Wildman–Crippen MR) is 195 cm³/mol. The van der Waals surface area contributed by atoms with Crippen molar-refractivity contribution in [3.63, 3.8) is 0 Å². The van der Waals surface area contributed by atoms with Crippen LogP contribution in [-0.2, 0) is 5.41 Å². The summed E-state index contributed by atoms with van der Waals surface area (Å²) in [6, 6.07) is 53.1. The minimum atomic E-state index is -0.344. The maximum atomic E-state index is 3.43. The molecule has 0 saturated carbocycles. The molecule has 0 heteroatoms. The highest BCUT2D eigenvalue weighted by Gasteiger charge is 2.24. The lowest BCUT2D eigenvalue weighted by Crippen LogP contribution is -2.19. The van der Waals surface area contributed by atoms with Crippen LogP contribution in [0.3, 0.4) is 0 Å². The average Bonchev–Trinajstić information content (AvgIpc) is 3.13. The zero-order valence-corrected chi connectivity index (χ0v) is 26.5. The average molecular weight is 597 g/mol. The molecule has 47 heavy (non-hydrogen) atoms. The van der Waals surface area contributed by atoms with E-state index in [-0.39, 0.29) is 5.41 Å². The van der Waals surface area contributed by atoms with Gasteiger partial charge in [-0.25, -0.2) is 0 Å². The van der Waals surface area contributed by atoms with E-state index in [1.807, 2.05) is 121 Å². The highest BCUT2D eigenvalue weighted by Crippen LogP contribution is 2.33. The molecule has 0 aliphatic carbocycles. The molecule has 0 fully saturated rings. The smallest absolute Gasteiger partial charge is 0.0408 e. The molecule has 6 aromatic rings. The zero-order chi connectivity index (χ0) is 32.3. The van der Waals surface area contributed by atoms with E-state index in [1.165, 1.54) is 0 Å². The summed E-state index contributed by atoms with van der Waals surface area (Å²) >= 11 is 0. The zero-order valence-electron chi connectivity index (χ0n) is 26.5. The van der Waals surface area contributed by atoms with Gasteiger partial charge >= 0.3 is 0 Å². The van der Waals surface area contributed by atoms with E-state index in [2.05, 4.69) is 97.6 Å². The van der Waals surface area contributed by atoms with Crippen molar-refractivity contribution in [2.75, 3.05) is 0 Å². The Hall–Kier alpha value is -6.44. The Morgan fingerprint density at radius 3 is 0.872 bits per heavy atom. The third-order valence-electron chi connectivity index (χ3n) is 7.94. The maximum Gasteiger partial charge on any atom is 0.0408 e. The summed E-state index contributed by atoms with van der Waals surface area (Å²) in [6.45, 7) is 4.48. The van der Waals surface area contributed by atoms with Gasteiger partial charge in [-0.3, -0.25) is 0 Å². The minimum Gasteiger partial charge on any atom is -0.0622 e. The van der Waals surface area contributed by atoms with Gasteiger partial charge in [0.15, 0.2) is 0 Å². The van der Waals surface area contributed by atoms with Gasteiger partial charge in [0.2, 0.25) is 0 Å². The van der Waals surface area contributed by atoms with E-state index >= 15 is 0 Å². The molecule has 0 unspecified atom stereocenters. The molecule has 0 bridgehead atoms. The molecule has 0 spiro atoms. The van der Waals surface area contributed by atoms with E-state index in [0.717, 1.165) is 55.6 Å². The van der Waals surface area contributed by atoms with Crippen LogP contribution in [0.2, 0.25) is 0 Å². The Morgan fingerprint density at radius 2 is 0.574 bits per heavy atom. The van der Waals surface area contributed by atoms with Gasteiger partial charge in [-0.2, -0.15) is 0 Å². The standard InChI is InChI=1S/C47H32/c1-47(2,45-33-31-41(27-23-37-15-7-3-8-16-37)43(35-45)29-25-39-19-11-5-12-20-39)46-34-32-42(28-24-38-17-9-4-10-18-38)44(36-46)30-26-40-21-13-6-14-22-40/h3-22,31-36H,1-2H3. The summed E-state index contributed by atoms with van der Waals surface area (Å²) in [5, 5.41) is 0. The van der Waals surface area contributed by atoms with Crippen molar-refractivity contribution in [1.82, 2.24) is 0 Å². The fourth-order valence-electron chi connectivity index (χ4n) is 5.10. The molecule has 0 amide bonds. The molecular weight excluding hydrogens is 565 g/mol. The van der Waals surface area contributed by atoms with Crippen molar-refractivity contribution in [2.45, 2.75) is 19.3 Å². The molecule has 220 valence electrons. The molecule has 0 aliphatic heterocycles. The van der Waals surface area contributed by atoms with Gasteiger partial charge in [-0.1, -0.05) is 146 Å². The maximum absolute atomic E-state index is 3.43. The summed E-state index contributed by atoms with van der Waals surface area (Å²) < 4.78 is 0. The van der Waals surface area contributed by atoms with Crippen molar-refractivity contribution in [1.29, 1.82) is 0 Å². The number of benzene rings is 6. The van der Waals surface area contributed by atoms with E-state index < -0.39 is 0 Å². The van der Waals surface area contributed by atoms with Gasteiger partial charge in [0, 0.05) is 49.9 Å². The van der Waals surface area contributed by atoms with E-state index in [9.17, 15) is 0 Å². The first kappa shape index (κ1) is 30.6. The first-order valence-corrected chi connectivity index (χ1v) is 15.6. The van der Waals surface area contributed by atoms with Gasteiger partial charge < -0.3 is 0 Å². The van der Waals surface area contributed by atoms with E-state index in [1.54, 1.807) is 0 Å². The summed E-state index contributed by atoms with van der Waals surface area (Å²) in [4.78, 5) is 0. The van der Waals surface area contributed by atoms with Gasteiger partial charge in [0.1, 0.15) is 0 Å².